The van der Waals surface area contributed by atoms with Crippen LogP contribution in [-0.4, -0.2) is 21.7 Å². The maximum absolute atomic E-state index is 12.1. The molecule has 0 spiro atoms. The Balaban J connectivity index is 1.47. The van der Waals surface area contributed by atoms with Crippen LogP contribution in [0.4, 0.5) is 0 Å². The highest BCUT2D eigenvalue weighted by Crippen LogP contribution is 2.33. The number of nitrogens with one attached hydrogen (secondary N) is 1. The van der Waals surface area contributed by atoms with E-state index in [9.17, 15) is 4.79 Å². The second-order valence-corrected chi connectivity index (χ2v) is 6.06. The van der Waals surface area contributed by atoms with Crippen molar-refractivity contribution in [2.75, 3.05) is 6.54 Å². The first-order valence-corrected chi connectivity index (χ1v) is 7.85. The summed E-state index contributed by atoms with van der Waals surface area (Å²) in [5.41, 5.74) is 0.171. The van der Waals surface area contributed by atoms with Gasteiger partial charge in [-0.1, -0.05) is 25.7 Å². The monoisotopic (exact) mass is 263 g/mol. The Morgan fingerprint density at radius 3 is 2.47 bits per heavy atom. The number of aromatic nitrogens is 2. The van der Waals surface area contributed by atoms with E-state index in [1.807, 2.05) is 21.5 Å². The number of imidazole rings is 1. The lowest BCUT2D eigenvalue weighted by Crippen LogP contribution is -2.34. The molecule has 3 rings (SSSR count). The van der Waals surface area contributed by atoms with Crippen LogP contribution in [-0.2, 0) is 6.54 Å². The smallest absolute Gasteiger partial charge is 0.312 e. The van der Waals surface area contributed by atoms with Crippen molar-refractivity contribution in [2.24, 2.45) is 0 Å². The average Bonchev–Trinajstić information content (AvgIpc) is 3.20. The Kier molecular flexibility index (Phi) is 4.06. The molecule has 0 aromatic carbocycles. The molecule has 1 N–H and O–H groups in total. The highest BCUT2D eigenvalue weighted by atomic mass is 16.1. The topological polar surface area (TPSA) is 39.0 Å². The van der Waals surface area contributed by atoms with Gasteiger partial charge in [0.1, 0.15) is 0 Å². The summed E-state index contributed by atoms with van der Waals surface area (Å²) in [6.45, 7) is 1.72. The predicted molar refractivity (Wildman–Crippen MR) is 76.5 cm³/mol. The van der Waals surface area contributed by atoms with Crippen LogP contribution in [0.5, 0.6) is 0 Å². The van der Waals surface area contributed by atoms with Gasteiger partial charge in [0.05, 0.1) is 0 Å². The van der Waals surface area contributed by atoms with Crippen LogP contribution in [0.25, 0.3) is 0 Å². The fourth-order valence-electron chi connectivity index (χ4n) is 3.10. The van der Waals surface area contributed by atoms with E-state index in [4.69, 9.17) is 0 Å². The van der Waals surface area contributed by atoms with Crippen LogP contribution in [0.3, 0.4) is 0 Å². The van der Waals surface area contributed by atoms with E-state index in [0.717, 1.165) is 13.1 Å². The van der Waals surface area contributed by atoms with E-state index >= 15 is 0 Å². The van der Waals surface area contributed by atoms with Crippen LogP contribution in [0.2, 0.25) is 0 Å². The van der Waals surface area contributed by atoms with Crippen LogP contribution in [0.15, 0.2) is 17.2 Å². The van der Waals surface area contributed by atoms with Gasteiger partial charge in [0.2, 0.25) is 0 Å². The third kappa shape index (κ3) is 3.30. The lowest BCUT2D eigenvalue weighted by molar-refractivity contribution is 0.441. The van der Waals surface area contributed by atoms with E-state index in [0.29, 0.717) is 12.1 Å². The molecule has 2 aliphatic rings. The van der Waals surface area contributed by atoms with Gasteiger partial charge in [-0.05, 0) is 25.7 Å². The van der Waals surface area contributed by atoms with Gasteiger partial charge in [-0.2, -0.15) is 0 Å². The summed E-state index contributed by atoms with van der Waals surface area (Å²) in [5, 5.41) is 3.62. The van der Waals surface area contributed by atoms with Gasteiger partial charge < -0.3 is 5.32 Å². The molecule has 4 heteroatoms. The summed E-state index contributed by atoms with van der Waals surface area (Å²) in [7, 11) is 0. The largest absolute Gasteiger partial charge is 0.328 e. The molecular formula is C15H25N3O. The fourth-order valence-corrected chi connectivity index (χ4v) is 3.10. The molecule has 4 nitrogen and oxygen atoms in total. The fraction of sp³-hybridized carbons (Fsp3) is 0.800. The quantitative estimate of drug-likeness (QED) is 0.828. The van der Waals surface area contributed by atoms with Crippen molar-refractivity contribution < 1.29 is 0 Å². The summed E-state index contributed by atoms with van der Waals surface area (Å²) in [5.74, 6) is 0. The van der Waals surface area contributed by atoms with Gasteiger partial charge in [0.15, 0.2) is 0 Å². The Morgan fingerprint density at radius 1 is 1.05 bits per heavy atom. The molecule has 0 amide bonds. The third-order valence-electron chi connectivity index (χ3n) is 4.45. The second kappa shape index (κ2) is 5.95. The number of hydrogen-bond donors (Lipinski definition) is 1. The first kappa shape index (κ1) is 13.0. The zero-order valence-electron chi connectivity index (χ0n) is 11.7. The SMILES string of the molecule is O=c1n(CCNC2CCCCCC2)ccn1C1CC1. The van der Waals surface area contributed by atoms with Crippen molar-refractivity contribution >= 4 is 0 Å². The molecule has 106 valence electrons. The van der Waals surface area contributed by atoms with Gasteiger partial charge in [0.25, 0.3) is 0 Å². The Hall–Kier alpha value is -1.03. The normalized spacial score (nSPS) is 21.5. The van der Waals surface area contributed by atoms with Crippen molar-refractivity contribution in [2.45, 2.75) is 70.0 Å². The molecule has 0 atom stereocenters. The lowest BCUT2D eigenvalue weighted by Gasteiger charge is -2.16. The Morgan fingerprint density at radius 2 is 1.79 bits per heavy atom. The van der Waals surface area contributed by atoms with Gasteiger partial charge in [-0.3, -0.25) is 9.13 Å². The molecule has 2 saturated carbocycles. The predicted octanol–water partition coefficient (Wildman–Crippen LogP) is 2.30. The van der Waals surface area contributed by atoms with Gasteiger partial charge in [0, 0.05) is 37.6 Å². The summed E-state index contributed by atoms with van der Waals surface area (Å²) in [6.07, 6.45) is 14.3. The molecule has 1 aromatic rings. The zero-order chi connectivity index (χ0) is 13.1. The molecule has 1 heterocycles. The van der Waals surface area contributed by atoms with Crippen molar-refractivity contribution in [1.29, 1.82) is 0 Å². The molecule has 0 saturated heterocycles. The first-order valence-electron chi connectivity index (χ1n) is 7.85. The van der Waals surface area contributed by atoms with E-state index in [-0.39, 0.29) is 5.69 Å². The van der Waals surface area contributed by atoms with Crippen LogP contribution < -0.4 is 11.0 Å². The van der Waals surface area contributed by atoms with Crippen LogP contribution >= 0.6 is 0 Å². The molecule has 19 heavy (non-hydrogen) atoms. The minimum Gasteiger partial charge on any atom is -0.312 e. The molecule has 0 unspecified atom stereocenters. The first-order chi connectivity index (χ1) is 9.34. The summed E-state index contributed by atoms with van der Waals surface area (Å²) in [4.78, 5) is 12.1. The summed E-state index contributed by atoms with van der Waals surface area (Å²) >= 11 is 0. The van der Waals surface area contributed by atoms with Crippen molar-refractivity contribution in [1.82, 2.24) is 14.5 Å². The molecule has 0 aliphatic heterocycles. The van der Waals surface area contributed by atoms with E-state index in [2.05, 4.69) is 5.32 Å². The third-order valence-corrected chi connectivity index (χ3v) is 4.45. The average molecular weight is 263 g/mol. The van der Waals surface area contributed by atoms with E-state index in [1.54, 1.807) is 0 Å². The molecule has 2 aliphatic carbocycles. The maximum Gasteiger partial charge on any atom is 0.328 e. The van der Waals surface area contributed by atoms with E-state index in [1.165, 1.54) is 51.4 Å². The molecule has 1 aromatic heterocycles. The second-order valence-electron chi connectivity index (χ2n) is 6.06. The number of hydrogen-bond acceptors (Lipinski definition) is 2. The molecule has 0 radical (unpaired) electrons. The number of nitrogens with zero attached hydrogens (tertiary/aromatic N) is 2. The summed E-state index contributed by atoms with van der Waals surface area (Å²) < 4.78 is 3.74. The Labute approximate surface area is 114 Å². The Bertz CT molecular complexity index is 450. The van der Waals surface area contributed by atoms with Gasteiger partial charge in [-0.15, -0.1) is 0 Å². The van der Waals surface area contributed by atoms with Crippen LogP contribution in [0, 0.1) is 0 Å². The van der Waals surface area contributed by atoms with Gasteiger partial charge >= 0.3 is 5.69 Å². The van der Waals surface area contributed by atoms with Crippen LogP contribution in [0.1, 0.15) is 57.4 Å². The molecular weight excluding hydrogens is 238 g/mol. The zero-order valence-corrected chi connectivity index (χ0v) is 11.7. The standard InChI is InChI=1S/C15H25N3O/c19-15-17(11-12-18(15)14-7-8-14)10-9-16-13-5-3-1-2-4-6-13/h11-14,16H,1-10H2. The summed E-state index contributed by atoms with van der Waals surface area (Å²) in [6, 6.07) is 1.16. The van der Waals surface area contributed by atoms with Crippen molar-refractivity contribution in [3.63, 3.8) is 0 Å². The van der Waals surface area contributed by atoms with E-state index < -0.39 is 0 Å². The number of rotatable bonds is 5. The minimum atomic E-state index is 0.171. The maximum atomic E-state index is 12.1. The molecule has 0 bridgehead atoms. The van der Waals surface area contributed by atoms with Gasteiger partial charge in [-0.25, -0.2) is 4.79 Å². The highest BCUT2D eigenvalue weighted by Gasteiger charge is 2.25. The lowest BCUT2D eigenvalue weighted by atomic mass is 10.1. The van der Waals surface area contributed by atoms with Crippen molar-refractivity contribution in [3.8, 4) is 0 Å². The highest BCUT2D eigenvalue weighted by molar-refractivity contribution is 4.91. The molecule has 2 fully saturated rings. The van der Waals surface area contributed by atoms with Crippen molar-refractivity contribution in [3.05, 3.63) is 22.9 Å². The minimum absolute atomic E-state index is 0.171.